The number of fused-ring (bicyclic) bond motifs is 1. The maximum Gasteiger partial charge on any atom is 0.233 e. The van der Waals surface area contributed by atoms with Gasteiger partial charge >= 0.3 is 0 Å². The van der Waals surface area contributed by atoms with Crippen molar-refractivity contribution < 1.29 is 9.53 Å². The van der Waals surface area contributed by atoms with Gasteiger partial charge in [0, 0.05) is 12.6 Å². The number of carbonyl (C=O) groups excluding carboxylic acids is 1. The number of aromatic amines is 1. The van der Waals surface area contributed by atoms with Crippen LogP contribution in [0.4, 0.5) is 0 Å². The van der Waals surface area contributed by atoms with Crippen LogP contribution < -0.4 is 10.1 Å². The highest BCUT2D eigenvalue weighted by Crippen LogP contribution is 2.25. The van der Waals surface area contributed by atoms with Crippen LogP contribution in [0.15, 0.2) is 53.7 Å². The fourth-order valence-electron chi connectivity index (χ4n) is 2.30. The summed E-state index contributed by atoms with van der Waals surface area (Å²) in [5, 5.41) is 3.43. The van der Waals surface area contributed by atoms with E-state index in [0.29, 0.717) is 6.54 Å². The highest BCUT2D eigenvalue weighted by molar-refractivity contribution is 8.00. The first-order valence-electron chi connectivity index (χ1n) is 7.68. The number of ether oxygens (including phenoxy) is 1. The number of nitrogens with zero attached hydrogens (tertiary/aromatic N) is 1. The van der Waals surface area contributed by atoms with Crippen molar-refractivity contribution in [2.24, 2.45) is 0 Å². The molecule has 3 rings (SSSR count). The first-order chi connectivity index (χ1) is 11.7. The van der Waals surface area contributed by atoms with Crippen LogP contribution >= 0.6 is 11.8 Å². The van der Waals surface area contributed by atoms with Crippen molar-refractivity contribution in [2.75, 3.05) is 7.11 Å². The van der Waals surface area contributed by atoms with E-state index < -0.39 is 0 Å². The number of benzene rings is 2. The molecular formula is C18H19N3O2S. The van der Waals surface area contributed by atoms with Gasteiger partial charge in [0.05, 0.1) is 23.4 Å². The molecule has 124 valence electrons. The van der Waals surface area contributed by atoms with Crippen LogP contribution in [-0.2, 0) is 11.3 Å². The van der Waals surface area contributed by atoms with Crippen LogP contribution in [0.2, 0.25) is 0 Å². The molecule has 2 aromatic carbocycles. The Hall–Kier alpha value is -2.47. The van der Waals surface area contributed by atoms with E-state index in [1.807, 2.05) is 55.5 Å². The molecule has 1 atom stereocenters. The molecule has 0 fully saturated rings. The van der Waals surface area contributed by atoms with Crippen LogP contribution in [0.5, 0.6) is 5.75 Å². The number of nitrogens with one attached hydrogen (secondary N) is 2. The van der Waals surface area contributed by atoms with Crippen LogP contribution in [0.25, 0.3) is 11.0 Å². The summed E-state index contributed by atoms with van der Waals surface area (Å²) >= 11 is 1.41. The van der Waals surface area contributed by atoms with E-state index in [1.54, 1.807) is 7.11 Å². The van der Waals surface area contributed by atoms with Crippen LogP contribution in [-0.4, -0.2) is 28.2 Å². The molecule has 0 aliphatic heterocycles. The summed E-state index contributed by atoms with van der Waals surface area (Å²) in [6, 6.07) is 15.5. The van der Waals surface area contributed by atoms with Gasteiger partial charge < -0.3 is 15.0 Å². The number of amides is 1. The van der Waals surface area contributed by atoms with Crippen molar-refractivity contribution in [2.45, 2.75) is 23.9 Å². The molecule has 1 aromatic heterocycles. The molecule has 0 saturated carbocycles. The standard InChI is InChI=1S/C18H19N3O2S/c1-12(17(22)19-11-13-6-4-3-5-7-13)24-18-20-15-9-8-14(23-2)10-16(15)21-18/h3-10,12H,11H2,1-2H3,(H,19,22)(H,20,21). The van der Waals surface area contributed by atoms with Crippen molar-refractivity contribution in [1.82, 2.24) is 15.3 Å². The highest BCUT2D eigenvalue weighted by atomic mass is 32.2. The average molecular weight is 341 g/mol. The minimum atomic E-state index is -0.240. The van der Waals surface area contributed by atoms with Crippen LogP contribution in [0.1, 0.15) is 12.5 Å². The van der Waals surface area contributed by atoms with Gasteiger partial charge in [-0.15, -0.1) is 0 Å². The van der Waals surface area contributed by atoms with Gasteiger partial charge in [-0.05, 0) is 24.6 Å². The molecule has 0 spiro atoms. The Morgan fingerprint density at radius 3 is 2.83 bits per heavy atom. The summed E-state index contributed by atoms with van der Waals surface area (Å²) in [6.07, 6.45) is 0. The van der Waals surface area contributed by atoms with Crippen molar-refractivity contribution in [1.29, 1.82) is 0 Å². The topological polar surface area (TPSA) is 67.0 Å². The Morgan fingerprint density at radius 1 is 1.29 bits per heavy atom. The van der Waals surface area contributed by atoms with E-state index in [2.05, 4.69) is 15.3 Å². The largest absolute Gasteiger partial charge is 0.497 e. The molecule has 0 saturated heterocycles. The van der Waals surface area contributed by atoms with Crippen molar-refractivity contribution in [3.63, 3.8) is 0 Å². The molecule has 2 N–H and O–H groups in total. The lowest BCUT2D eigenvalue weighted by Crippen LogP contribution is -2.30. The molecule has 0 aliphatic carbocycles. The molecule has 1 unspecified atom stereocenters. The molecule has 0 aliphatic rings. The van der Waals surface area contributed by atoms with Crippen molar-refractivity contribution >= 4 is 28.7 Å². The number of carbonyl (C=O) groups is 1. The predicted octanol–water partition coefficient (Wildman–Crippen LogP) is 3.37. The van der Waals surface area contributed by atoms with Crippen molar-refractivity contribution in [3.05, 3.63) is 54.1 Å². The van der Waals surface area contributed by atoms with E-state index in [9.17, 15) is 4.79 Å². The highest BCUT2D eigenvalue weighted by Gasteiger charge is 2.16. The van der Waals surface area contributed by atoms with Crippen molar-refractivity contribution in [3.8, 4) is 5.75 Å². The van der Waals surface area contributed by atoms with Gasteiger partial charge in [0.1, 0.15) is 5.75 Å². The van der Waals surface area contributed by atoms with Gasteiger partial charge in [0.15, 0.2) is 5.16 Å². The van der Waals surface area contributed by atoms with Gasteiger partial charge in [-0.1, -0.05) is 42.1 Å². The monoisotopic (exact) mass is 341 g/mol. The zero-order valence-electron chi connectivity index (χ0n) is 13.6. The number of thioether (sulfide) groups is 1. The van der Waals surface area contributed by atoms with Gasteiger partial charge in [0.2, 0.25) is 5.91 Å². The number of methoxy groups -OCH3 is 1. The maximum atomic E-state index is 12.2. The summed E-state index contributed by atoms with van der Waals surface area (Å²) < 4.78 is 5.21. The lowest BCUT2D eigenvalue weighted by atomic mass is 10.2. The second-order valence-electron chi connectivity index (χ2n) is 5.39. The first kappa shape index (κ1) is 16.4. The number of H-pyrrole nitrogens is 1. The van der Waals surface area contributed by atoms with Gasteiger partial charge in [-0.2, -0.15) is 0 Å². The molecule has 3 aromatic rings. The molecular weight excluding hydrogens is 322 g/mol. The normalized spacial score (nSPS) is 12.1. The Balaban J connectivity index is 1.61. The Bertz CT molecular complexity index is 833. The molecule has 6 heteroatoms. The zero-order chi connectivity index (χ0) is 16.9. The SMILES string of the molecule is COc1ccc2nc(SC(C)C(=O)NCc3ccccc3)[nH]c2c1. The van der Waals surface area contributed by atoms with Gasteiger partial charge in [-0.25, -0.2) is 4.98 Å². The van der Waals surface area contributed by atoms with E-state index in [-0.39, 0.29) is 11.2 Å². The number of imidazole rings is 1. The van der Waals surface area contributed by atoms with E-state index in [0.717, 1.165) is 27.5 Å². The third kappa shape index (κ3) is 3.89. The fraction of sp³-hybridized carbons (Fsp3) is 0.222. The average Bonchev–Trinajstić information content (AvgIpc) is 3.01. The number of aromatic nitrogens is 2. The molecule has 5 nitrogen and oxygen atoms in total. The molecule has 24 heavy (non-hydrogen) atoms. The third-order valence-electron chi connectivity index (χ3n) is 3.63. The number of rotatable bonds is 6. The predicted molar refractivity (Wildman–Crippen MR) is 96.3 cm³/mol. The summed E-state index contributed by atoms with van der Waals surface area (Å²) in [5.74, 6) is 0.762. The fourth-order valence-corrected chi connectivity index (χ4v) is 3.14. The quantitative estimate of drug-likeness (QED) is 0.675. The van der Waals surface area contributed by atoms with Crippen LogP contribution in [0, 0.1) is 0 Å². The second-order valence-corrected chi connectivity index (χ2v) is 6.72. The number of hydrogen-bond acceptors (Lipinski definition) is 4. The van der Waals surface area contributed by atoms with Crippen LogP contribution in [0.3, 0.4) is 0 Å². The first-order valence-corrected chi connectivity index (χ1v) is 8.56. The Kier molecular flexibility index (Phi) is 5.05. The smallest absolute Gasteiger partial charge is 0.233 e. The van der Waals surface area contributed by atoms with E-state index in [4.69, 9.17) is 4.74 Å². The molecule has 1 amide bonds. The zero-order valence-corrected chi connectivity index (χ0v) is 14.4. The van der Waals surface area contributed by atoms with E-state index >= 15 is 0 Å². The molecule has 1 heterocycles. The van der Waals surface area contributed by atoms with Gasteiger partial charge in [-0.3, -0.25) is 4.79 Å². The third-order valence-corrected chi connectivity index (χ3v) is 4.62. The summed E-state index contributed by atoms with van der Waals surface area (Å²) in [5.41, 5.74) is 2.84. The minimum Gasteiger partial charge on any atom is -0.497 e. The summed E-state index contributed by atoms with van der Waals surface area (Å²) in [4.78, 5) is 20.0. The lowest BCUT2D eigenvalue weighted by Gasteiger charge is -2.10. The lowest BCUT2D eigenvalue weighted by molar-refractivity contribution is -0.120. The Labute approximate surface area is 144 Å². The Morgan fingerprint density at radius 2 is 2.08 bits per heavy atom. The second kappa shape index (κ2) is 7.40. The summed E-state index contributed by atoms with van der Waals surface area (Å²) in [7, 11) is 1.63. The van der Waals surface area contributed by atoms with Gasteiger partial charge in [0.25, 0.3) is 0 Å². The summed E-state index contributed by atoms with van der Waals surface area (Å²) in [6.45, 7) is 2.40. The number of hydrogen-bond donors (Lipinski definition) is 2. The molecule has 0 radical (unpaired) electrons. The molecule has 0 bridgehead atoms. The maximum absolute atomic E-state index is 12.2. The minimum absolute atomic E-state index is 0.0121. The van der Waals surface area contributed by atoms with E-state index in [1.165, 1.54) is 11.8 Å².